The predicted octanol–water partition coefficient (Wildman–Crippen LogP) is 2.80. The first kappa shape index (κ1) is 15.5. The maximum absolute atomic E-state index is 12.1. The number of amides is 1. The Morgan fingerprint density at radius 1 is 1.28 bits per heavy atom. The highest BCUT2D eigenvalue weighted by Gasteiger charge is 2.28. The molecule has 1 amide bonds. The number of hydrogen-bond acceptors (Lipinski definition) is 2. The normalized spacial score (nSPS) is 24.3. The van der Waals surface area contributed by atoms with Gasteiger partial charge in [-0.3, -0.25) is 4.79 Å². The lowest BCUT2D eigenvalue weighted by molar-refractivity contribution is -0.133. The second-order valence-electron chi connectivity index (χ2n) is 5.50. The van der Waals surface area contributed by atoms with Crippen molar-refractivity contribution in [3.05, 3.63) is 0 Å². The summed E-state index contributed by atoms with van der Waals surface area (Å²) in [6, 6.07) is 0.596. The Morgan fingerprint density at radius 3 is 2.67 bits per heavy atom. The smallest absolute Gasteiger partial charge is 0.222 e. The van der Waals surface area contributed by atoms with Gasteiger partial charge in [0.15, 0.2) is 0 Å². The van der Waals surface area contributed by atoms with Crippen molar-refractivity contribution in [2.24, 2.45) is 5.92 Å². The Bertz CT molecular complexity index is 243. The summed E-state index contributed by atoms with van der Waals surface area (Å²) >= 11 is 0. The van der Waals surface area contributed by atoms with Gasteiger partial charge in [-0.15, -0.1) is 0 Å². The molecule has 0 radical (unpaired) electrons. The zero-order valence-corrected chi connectivity index (χ0v) is 12.4. The largest absolute Gasteiger partial charge is 0.342 e. The molecule has 0 aromatic rings. The maximum atomic E-state index is 12.1. The summed E-state index contributed by atoms with van der Waals surface area (Å²) < 4.78 is 0. The summed E-state index contributed by atoms with van der Waals surface area (Å²) in [4.78, 5) is 14.2. The quantitative estimate of drug-likeness (QED) is 0.709. The molecule has 0 aromatic heterocycles. The van der Waals surface area contributed by atoms with Crippen LogP contribution < -0.4 is 5.32 Å². The van der Waals surface area contributed by atoms with Gasteiger partial charge in [-0.25, -0.2) is 0 Å². The van der Waals surface area contributed by atoms with E-state index < -0.39 is 0 Å². The third kappa shape index (κ3) is 4.60. The van der Waals surface area contributed by atoms with Gasteiger partial charge in [-0.1, -0.05) is 39.5 Å². The van der Waals surface area contributed by atoms with E-state index >= 15 is 0 Å². The van der Waals surface area contributed by atoms with Gasteiger partial charge in [0, 0.05) is 25.6 Å². The summed E-state index contributed by atoms with van der Waals surface area (Å²) in [7, 11) is 2.04. The Morgan fingerprint density at radius 2 is 2.06 bits per heavy atom. The van der Waals surface area contributed by atoms with Crippen LogP contribution in [0.2, 0.25) is 0 Å². The highest BCUT2D eigenvalue weighted by Crippen LogP contribution is 2.21. The second-order valence-corrected chi connectivity index (χ2v) is 5.50. The summed E-state index contributed by atoms with van der Waals surface area (Å²) in [5.74, 6) is 1.00. The van der Waals surface area contributed by atoms with E-state index in [0.29, 0.717) is 17.9 Å². The Balaban J connectivity index is 2.31. The standard InChI is InChI=1S/C15H30N2O/c1-4-6-7-8-9-15(18)17-11-10-14(16-3)13(5-2)12-17/h13-14,16H,4-12H2,1-3H3. The van der Waals surface area contributed by atoms with Crippen LogP contribution in [0.5, 0.6) is 0 Å². The van der Waals surface area contributed by atoms with Gasteiger partial charge >= 0.3 is 0 Å². The third-order valence-electron chi connectivity index (χ3n) is 4.23. The van der Waals surface area contributed by atoms with Crippen LogP contribution in [0.4, 0.5) is 0 Å². The minimum Gasteiger partial charge on any atom is -0.342 e. The Kier molecular flexibility index (Phi) is 7.33. The molecule has 0 spiro atoms. The van der Waals surface area contributed by atoms with E-state index in [1.807, 2.05) is 7.05 Å². The van der Waals surface area contributed by atoms with Gasteiger partial charge in [0.25, 0.3) is 0 Å². The molecule has 106 valence electrons. The van der Waals surface area contributed by atoms with Crippen molar-refractivity contribution < 1.29 is 4.79 Å². The van der Waals surface area contributed by atoms with Gasteiger partial charge in [0.05, 0.1) is 0 Å². The molecule has 1 rings (SSSR count). The SMILES string of the molecule is CCCCCCC(=O)N1CCC(NC)C(CC)C1. The molecule has 3 heteroatoms. The fraction of sp³-hybridized carbons (Fsp3) is 0.933. The summed E-state index contributed by atoms with van der Waals surface area (Å²) in [5, 5.41) is 3.39. The number of piperidine rings is 1. The number of likely N-dealkylation sites (tertiary alicyclic amines) is 1. The van der Waals surface area contributed by atoms with Crippen LogP contribution in [-0.4, -0.2) is 37.0 Å². The average Bonchev–Trinajstić information content (AvgIpc) is 2.42. The third-order valence-corrected chi connectivity index (χ3v) is 4.23. The number of rotatable bonds is 7. The van der Waals surface area contributed by atoms with Gasteiger partial charge in [-0.2, -0.15) is 0 Å². The lowest BCUT2D eigenvalue weighted by Gasteiger charge is -2.38. The fourth-order valence-electron chi connectivity index (χ4n) is 2.91. The highest BCUT2D eigenvalue weighted by atomic mass is 16.2. The summed E-state index contributed by atoms with van der Waals surface area (Å²) in [5.41, 5.74) is 0. The van der Waals surface area contributed by atoms with E-state index in [2.05, 4.69) is 24.1 Å². The number of unbranched alkanes of at least 4 members (excludes halogenated alkanes) is 3. The molecule has 18 heavy (non-hydrogen) atoms. The maximum Gasteiger partial charge on any atom is 0.222 e. The lowest BCUT2D eigenvalue weighted by atomic mass is 9.90. The van der Waals surface area contributed by atoms with Crippen LogP contribution in [0.25, 0.3) is 0 Å². The highest BCUT2D eigenvalue weighted by molar-refractivity contribution is 5.76. The molecule has 0 saturated carbocycles. The van der Waals surface area contributed by atoms with E-state index in [1.54, 1.807) is 0 Å². The molecule has 2 atom stereocenters. The Labute approximate surface area is 112 Å². The number of hydrogen-bond donors (Lipinski definition) is 1. The van der Waals surface area contributed by atoms with Crippen molar-refractivity contribution in [2.75, 3.05) is 20.1 Å². The first-order chi connectivity index (χ1) is 8.72. The molecular formula is C15H30N2O. The van der Waals surface area contributed by atoms with Gasteiger partial charge in [0.1, 0.15) is 0 Å². The van der Waals surface area contributed by atoms with Gasteiger partial charge < -0.3 is 10.2 Å². The van der Waals surface area contributed by atoms with E-state index in [9.17, 15) is 4.79 Å². The van der Waals surface area contributed by atoms with Crippen molar-refractivity contribution >= 4 is 5.91 Å². The second kappa shape index (κ2) is 8.52. The van der Waals surface area contributed by atoms with E-state index in [4.69, 9.17) is 0 Å². The van der Waals surface area contributed by atoms with Crippen molar-refractivity contribution in [3.63, 3.8) is 0 Å². The molecule has 1 saturated heterocycles. The van der Waals surface area contributed by atoms with Crippen LogP contribution in [0.1, 0.15) is 58.8 Å². The predicted molar refractivity (Wildman–Crippen MR) is 76.6 cm³/mol. The summed E-state index contributed by atoms with van der Waals surface area (Å²) in [6.45, 7) is 6.32. The molecule has 0 bridgehead atoms. The monoisotopic (exact) mass is 254 g/mol. The molecular weight excluding hydrogens is 224 g/mol. The van der Waals surface area contributed by atoms with Crippen molar-refractivity contribution in [1.29, 1.82) is 0 Å². The number of nitrogens with one attached hydrogen (secondary N) is 1. The molecule has 1 aliphatic heterocycles. The molecule has 1 fully saturated rings. The lowest BCUT2D eigenvalue weighted by Crippen LogP contribution is -2.50. The minimum absolute atomic E-state index is 0.374. The topological polar surface area (TPSA) is 32.3 Å². The van der Waals surface area contributed by atoms with E-state index in [1.165, 1.54) is 19.3 Å². The molecule has 1 heterocycles. The number of carbonyl (C=O) groups excluding carboxylic acids is 1. The average molecular weight is 254 g/mol. The zero-order valence-electron chi connectivity index (χ0n) is 12.4. The van der Waals surface area contributed by atoms with Crippen LogP contribution >= 0.6 is 0 Å². The minimum atomic E-state index is 0.374. The summed E-state index contributed by atoms with van der Waals surface area (Å²) in [6.07, 6.45) is 7.77. The van der Waals surface area contributed by atoms with Crippen LogP contribution in [0, 0.1) is 5.92 Å². The Hall–Kier alpha value is -0.570. The van der Waals surface area contributed by atoms with Gasteiger partial charge in [0.2, 0.25) is 5.91 Å². The molecule has 1 aliphatic rings. The van der Waals surface area contributed by atoms with E-state index in [-0.39, 0.29) is 0 Å². The first-order valence-corrected chi connectivity index (χ1v) is 7.67. The zero-order chi connectivity index (χ0) is 13.4. The molecule has 0 aromatic carbocycles. The van der Waals surface area contributed by atoms with Crippen LogP contribution in [0.15, 0.2) is 0 Å². The van der Waals surface area contributed by atoms with Crippen molar-refractivity contribution in [2.45, 2.75) is 64.8 Å². The van der Waals surface area contributed by atoms with Gasteiger partial charge in [-0.05, 0) is 25.8 Å². The molecule has 0 aliphatic carbocycles. The molecule has 3 nitrogen and oxygen atoms in total. The fourth-order valence-corrected chi connectivity index (χ4v) is 2.91. The number of nitrogens with zero attached hydrogens (tertiary/aromatic N) is 1. The van der Waals surface area contributed by atoms with Crippen LogP contribution in [-0.2, 0) is 4.79 Å². The molecule has 1 N–H and O–H groups in total. The van der Waals surface area contributed by atoms with Crippen molar-refractivity contribution in [1.82, 2.24) is 10.2 Å². The van der Waals surface area contributed by atoms with Crippen molar-refractivity contribution in [3.8, 4) is 0 Å². The van der Waals surface area contributed by atoms with E-state index in [0.717, 1.165) is 38.8 Å². The molecule has 2 unspecified atom stereocenters. The van der Waals surface area contributed by atoms with Crippen LogP contribution in [0.3, 0.4) is 0 Å². The first-order valence-electron chi connectivity index (χ1n) is 7.67. The number of carbonyl (C=O) groups is 1.